The molecule has 0 bridgehead atoms. The minimum absolute atomic E-state index is 0.0990. The number of nitrogens with two attached hydrogens (primary N) is 1. The van der Waals surface area contributed by atoms with Crippen molar-refractivity contribution in [2.75, 3.05) is 0 Å². The van der Waals surface area contributed by atoms with E-state index in [1.807, 2.05) is 12.3 Å². The van der Waals surface area contributed by atoms with E-state index in [1.54, 1.807) is 0 Å². The van der Waals surface area contributed by atoms with Crippen LogP contribution in [0.3, 0.4) is 0 Å². The van der Waals surface area contributed by atoms with Crippen LogP contribution in [0.25, 0.3) is 0 Å². The molecule has 0 unspecified atom stereocenters. The van der Waals surface area contributed by atoms with Gasteiger partial charge in [-0.15, -0.1) is 0 Å². The van der Waals surface area contributed by atoms with Crippen molar-refractivity contribution in [3.8, 4) is 0 Å². The normalized spacial score (nSPS) is 12.9. The van der Waals surface area contributed by atoms with Crippen LogP contribution in [0.5, 0.6) is 0 Å². The van der Waals surface area contributed by atoms with Gasteiger partial charge < -0.3 is 5.73 Å². The van der Waals surface area contributed by atoms with Gasteiger partial charge in [0.1, 0.15) is 4.60 Å². The zero-order chi connectivity index (χ0) is 9.84. The van der Waals surface area contributed by atoms with Crippen LogP contribution in [-0.4, -0.2) is 4.98 Å². The largest absolute Gasteiger partial charge is 0.324 e. The molecule has 0 fully saturated rings. The summed E-state index contributed by atoms with van der Waals surface area (Å²) in [6.45, 7) is 2.13. The highest BCUT2D eigenvalue weighted by atomic mass is 79.9. The number of halogens is 2. The third-order valence-corrected chi connectivity index (χ3v) is 3.61. The Labute approximate surface area is 95.2 Å². The maximum Gasteiger partial charge on any atom is 0.120 e. The predicted molar refractivity (Wildman–Crippen MR) is 61.5 cm³/mol. The maximum absolute atomic E-state index is 5.95. The molecule has 0 aliphatic carbocycles. The SMILES string of the molecule is CCC[C@@H](N)c1cnc(Br)c(Br)c1. The van der Waals surface area contributed by atoms with Gasteiger partial charge in [-0.1, -0.05) is 13.3 Å². The summed E-state index contributed by atoms with van der Waals surface area (Å²) < 4.78 is 1.77. The topological polar surface area (TPSA) is 38.9 Å². The molecule has 0 spiro atoms. The number of hydrogen-bond acceptors (Lipinski definition) is 2. The van der Waals surface area contributed by atoms with E-state index in [1.165, 1.54) is 0 Å². The molecule has 1 heterocycles. The van der Waals surface area contributed by atoms with Gasteiger partial charge in [0.25, 0.3) is 0 Å². The highest BCUT2D eigenvalue weighted by molar-refractivity contribution is 9.13. The number of hydrogen-bond donors (Lipinski definition) is 1. The van der Waals surface area contributed by atoms with E-state index in [9.17, 15) is 0 Å². The third-order valence-electron chi connectivity index (χ3n) is 1.85. The summed E-state index contributed by atoms with van der Waals surface area (Å²) in [5, 5.41) is 0. The first-order valence-electron chi connectivity index (χ1n) is 4.21. The predicted octanol–water partition coefficient (Wildman–Crippen LogP) is 3.41. The number of nitrogens with zero attached hydrogens (tertiary/aromatic N) is 1. The standard InChI is InChI=1S/C9H12Br2N2/c1-2-3-8(12)6-4-7(10)9(11)13-5-6/h4-5,8H,2-3,12H2,1H3/t8-/m1/s1. The summed E-state index contributed by atoms with van der Waals surface area (Å²) in [7, 11) is 0. The minimum Gasteiger partial charge on any atom is -0.324 e. The fourth-order valence-corrected chi connectivity index (χ4v) is 1.70. The van der Waals surface area contributed by atoms with Crippen LogP contribution in [-0.2, 0) is 0 Å². The zero-order valence-electron chi connectivity index (χ0n) is 7.43. The Morgan fingerprint density at radius 1 is 1.54 bits per heavy atom. The molecule has 0 aliphatic rings. The smallest absolute Gasteiger partial charge is 0.120 e. The minimum atomic E-state index is 0.0990. The van der Waals surface area contributed by atoms with E-state index < -0.39 is 0 Å². The summed E-state index contributed by atoms with van der Waals surface area (Å²) in [6.07, 6.45) is 3.90. The van der Waals surface area contributed by atoms with Crippen molar-refractivity contribution in [1.29, 1.82) is 0 Å². The van der Waals surface area contributed by atoms with E-state index in [2.05, 4.69) is 43.8 Å². The first-order chi connectivity index (χ1) is 6.15. The Hall–Kier alpha value is 0.0700. The van der Waals surface area contributed by atoms with Crippen molar-refractivity contribution in [3.05, 3.63) is 26.9 Å². The van der Waals surface area contributed by atoms with Gasteiger partial charge in [-0.3, -0.25) is 0 Å². The summed E-state index contributed by atoms with van der Waals surface area (Å²) in [5.74, 6) is 0. The fourth-order valence-electron chi connectivity index (χ4n) is 1.12. The Morgan fingerprint density at radius 2 is 2.23 bits per heavy atom. The molecule has 0 amide bonds. The summed E-state index contributed by atoms with van der Waals surface area (Å²) in [4.78, 5) is 4.17. The van der Waals surface area contributed by atoms with Crippen molar-refractivity contribution >= 4 is 31.9 Å². The molecule has 0 aliphatic heterocycles. The van der Waals surface area contributed by atoms with Gasteiger partial charge in [-0.05, 0) is 49.9 Å². The highest BCUT2D eigenvalue weighted by Gasteiger charge is 2.07. The number of aromatic nitrogens is 1. The second-order valence-corrected chi connectivity index (χ2v) is 4.54. The molecule has 13 heavy (non-hydrogen) atoms. The second kappa shape index (κ2) is 5.08. The van der Waals surface area contributed by atoms with Crippen LogP contribution in [0.4, 0.5) is 0 Å². The zero-order valence-corrected chi connectivity index (χ0v) is 10.6. The van der Waals surface area contributed by atoms with Gasteiger partial charge in [0.2, 0.25) is 0 Å². The van der Waals surface area contributed by atoms with E-state index in [4.69, 9.17) is 5.73 Å². The number of rotatable bonds is 3. The van der Waals surface area contributed by atoms with Crippen LogP contribution in [0.1, 0.15) is 31.4 Å². The van der Waals surface area contributed by atoms with Crippen molar-refractivity contribution in [2.24, 2.45) is 5.73 Å². The van der Waals surface area contributed by atoms with E-state index in [0.29, 0.717) is 0 Å². The lowest BCUT2D eigenvalue weighted by molar-refractivity contribution is 0.635. The van der Waals surface area contributed by atoms with Gasteiger partial charge in [-0.2, -0.15) is 0 Å². The lowest BCUT2D eigenvalue weighted by Gasteiger charge is -2.10. The summed E-state index contributed by atoms with van der Waals surface area (Å²) >= 11 is 6.72. The molecular formula is C9H12Br2N2. The first-order valence-corrected chi connectivity index (χ1v) is 5.80. The quantitative estimate of drug-likeness (QED) is 0.869. The molecule has 72 valence electrons. The fraction of sp³-hybridized carbons (Fsp3) is 0.444. The average molecular weight is 308 g/mol. The molecule has 2 N–H and O–H groups in total. The molecular weight excluding hydrogens is 296 g/mol. The first kappa shape index (κ1) is 11.1. The van der Waals surface area contributed by atoms with E-state index in [0.717, 1.165) is 27.5 Å². The molecule has 1 atom stereocenters. The van der Waals surface area contributed by atoms with Crippen molar-refractivity contribution in [3.63, 3.8) is 0 Å². The Kier molecular flexibility index (Phi) is 4.35. The lowest BCUT2D eigenvalue weighted by Crippen LogP contribution is -2.10. The van der Waals surface area contributed by atoms with E-state index >= 15 is 0 Å². The Balaban J connectivity index is 2.84. The second-order valence-electron chi connectivity index (χ2n) is 2.94. The summed E-state index contributed by atoms with van der Waals surface area (Å²) in [6, 6.07) is 2.11. The molecule has 0 saturated heterocycles. The average Bonchev–Trinajstić information content (AvgIpc) is 2.10. The van der Waals surface area contributed by atoms with Gasteiger partial charge in [0.05, 0.1) is 4.47 Å². The lowest BCUT2D eigenvalue weighted by atomic mass is 10.1. The van der Waals surface area contributed by atoms with E-state index in [-0.39, 0.29) is 6.04 Å². The molecule has 2 nitrogen and oxygen atoms in total. The molecule has 1 aromatic rings. The van der Waals surface area contributed by atoms with Crippen molar-refractivity contribution in [2.45, 2.75) is 25.8 Å². The Bertz CT molecular complexity index is 289. The summed E-state index contributed by atoms with van der Waals surface area (Å²) in [5.41, 5.74) is 7.03. The molecule has 0 aromatic carbocycles. The van der Waals surface area contributed by atoms with Crippen LogP contribution < -0.4 is 5.73 Å². The van der Waals surface area contributed by atoms with Crippen LogP contribution in [0.2, 0.25) is 0 Å². The molecule has 1 aromatic heterocycles. The van der Waals surface area contributed by atoms with Gasteiger partial charge in [0.15, 0.2) is 0 Å². The Morgan fingerprint density at radius 3 is 2.77 bits per heavy atom. The highest BCUT2D eigenvalue weighted by Crippen LogP contribution is 2.24. The van der Waals surface area contributed by atoms with Crippen LogP contribution in [0.15, 0.2) is 21.3 Å². The van der Waals surface area contributed by atoms with Crippen LogP contribution >= 0.6 is 31.9 Å². The van der Waals surface area contributed by atoms with Gasteiger partial charge >= 0.3 is 0 Å². The monoisotopic (exact) mass is 306 g/mol. The van der Waals surface area contributed by atoms with Crippen LogP contribution in [0, 0.1) is 0 Å². The molecule has 0 radical (unpaired) electrons. The molecule has 0 saturated carbocycles. The molecule has 4 heteroatoms. The van der Waals surface area contributed by atoms with Crippen molar-refractivity contribution < 1.29 is 0 Å². The number of pyridine rings is 1. The van der Waals surface area contributed by atoms with Gasteiger partial charge in [-0.25, -0.2) is 4.98 Å². The van der Waals surface area contributed by atoms with Gasteiger partial charge in [0, 0.05) is 12.2 Å². The molecule has 1 rings (SSSR count). The maximum atomic E-state index is 5.95. The third kappa shape index (κ3) is 3.04. The van der Waals surface area contributed by atoms with Crippen molar-refractivity contribution in [1.82, 2.24) is 4.98 Å².